The van der Waals surface area contributed by atoms with Gasteiger partial charge in [0.2, 0.25) is 0 Å². The van der Waals surface area contributed by atoms with Crippen molar-refractivity contribution >= 4 is 0 Å². The van der Waals surface area contributed by atoms with Gasteiger partial charge in [0.05, 0.1) is 0 Å². The monoisotopic (exact) mass is 118 g/mol. The molecule has 0 heterocycles. The average Bonchev–Trinajstić information content (AvgIpc) is 1.81. The molecule has 0 bridgehead atoms. The molecule has 49 valence electrons. The minimum Gasteiger partial charge on any atom is -0.355 e. The second-order valence-corrected chi connectivity index (χ2v) is 1.37. The molecule has 0 atom stereocenters. The van der Waals surface area contributed by atoms with Crippen molar-refractivity contribution in [2.24, 2.45) is 0 Å². The molecule has 0 aromatic rings. The quantitative estimate of drug-likeness (QED) is 0.392. The van der Waals surface area contributed by atoms with Gasteiger partial charge in [-0.15, -0.1) is 0 Å². The van der Waals surface area contributed by atoms with Crippen LogP contribution >= 0.6 is 0 Å². The van der Waals surface area contributed by atoms with Gasteiger partial charge in [0, 0.05) is 6.61 Å². The first kappa shape index (κ1) is 7.88. The van der Waals surface area contributed by atoms with Gasteiger partial charge < -0.3 is 9.47 Å². The largest absolute Gasteiger partial charge is 0.355 e. The Kier molecular flexibility index (Phi) is 6.78. The zero-order valence-corrected chi connectivity index (χ0v) is 5.14. The fourth-order valence-electron chi connectivity index (χ4n) is 0.304. The smallest absolute Gasteiger partial charge is 0.148 e. The molecule has 3 heteroatoms. The first-order valence-corrected chi connectivity index (χ1v) is 2.72. The van der Waals surface area contributed by atoms with E-state index in [9.17, 15) is 0 Å². The lowest BCUT2D eigenvalue weighted by Crippen LogP contribution is -2.01. The van der Waals surface area contributed by atoms with Crippen molar-refractivity contribution in [2.45, 2.75) is 13.3 Å². The van der Waals surface area contributed by atoms with Crippen LogP contribution in [0.4, 0.5) is 0 Å². The molecule has 0 rings (SSSR count). The molecule has 0 fully saturated rings. The van der Waals surface area contributed by atoms with Crippen molar-refractivity contribution < 1.29 is 9.47 Å². The van der Waals surface area contributed by atoms with Gasteiger partial charge in [0.15, 0.2) is 0 Å². The minimum absolute atomic E-state index is 0.0102. The molecule has 0 aromatic carbocycles. The third kappa shape index (κ3) is 5.88. The standard InChI is InChI=1S/C5H12NO2/c1-2-3-7-5-8-4-6/h6H,2-5H2,1H3. The summed E-state index contributed by atoms with van der Waals surface area (Å²) < 4.78 is 9.46. The second-order valence-electron chi connectivity index (χ2n) is 1.37. The Balaban J connectivity index is 2.53. The molecule has 0 aliphatic rings. The highest BCUT2D eigenvalue weighted by molar-refractivity contribution is 4.18. The number of ether oxygens (including phenoxy) is 2. The van der Waals surface area contributed by atoms with Crippen LogP contribution in [0, 0.1) is 0 Å². The van der Waals surface area contributed by atoms with E-state index in [2.05, 4.69) is 4.74 Å². The molecule has 0 unspecified atom stereocenters. The van der Waals surface area contributed by atoms with E-state index < -0.39 is 0 Å². The number of nitrogens with one attached hydrogen (secondary N) is 1. The lowest BCUT2D eigenvalue weighted by atomic mass is 10.5. The van der Waals surface area contributed by atoms with E-state index >= 15 is 0 Å². The zero-order chi connectivity index (χ0) is 6.24. The molecular weight excluding hydrogens is 106 g/mol. The Hall–Kier alpha value is -0.120. The molecule has 3 nitrogen and oxygen atoms in total. The molecule has 0 saturated heterocycles. The lowest BCUT2D eigenvalue weighted by Gasteiger charge is -1.99. The van der Waals surface area contributed by atoms with E-state index in [1.54, 1.807) is 0 Å². The molecular formula is C5H12NO2. The minimum atomic E-state index is -0.0102. The number of hydrogen-bond acceptors (Lipinski definition) is 2. The van der Waals surface area contributed by atoms with Crippen LogP contribution in [0.3, 0.4) is 0 Å². The maximum Gasteiger partial charge on any atom is 0.148 e. The van der Waals surface area contributed by atoms with Gasteiger partial charge in [0.25, 0.3) is 0 Å². The third-order valence-electron chi connectivity index (χ3n) is 0.617. The molecule has 0 aliphatic heterocycles. The fraction of sp³-hybridized carbons (Fsp3) is 1.00. The summed E-state index contributed by atoms with van der Waals surface area (Å²) in [6.07, 6.45) is 1.00. The van der Waals surface area contributed by atoms with Gasteiger partial charge in [-0.3, -0.25) is 0 Å². The topological polar surface area (TPSA) is 42.3 Å². The summed E-state index contributed by atoms with van der Waals surface area (Å²) in [5, 5.41) is 0. The van der Waals surface area contributed by atoms with Crippen molar-refractivity contribution in [2.75, 3.05) is 20.1 Å². The second kappa shape index (κ2) is 6.88. The molecule has 0 spiro atoms. The SMILES string of the molecule is CCCOCOC[NH]. The third-order valence-corrected chi connectivity index (χ3v) is 0.617. The summed E-state index contributed by atoms with van der Waals surface area (Å²) in [5.74, 6) is 0. The van der Waals surface area contributed by atoms with Crippen LogP contribution in [0.1, 0.15) is 13.3 Å². The van der Waals surface area contributed by atoms with E-state index in [1.807, 2.05) is 6.92 Å². The van der Waals surface area contributed by atoms with E-state index in [0.29, 0.717) is 0 Å². The van der Waals surface area contributed by atoms with Crippen LogP contribution in [0.25, 0.3) is 0 Å². The van der Waals surface area contributed by atoms with Gasteiger partial charge in [-0.05, 0) is 6.42 Å². The molecule has 0 aliphatic carbocycles. The fourth-order valence-corrected chi connectivity index (χ4v) is 0.304. The first-order chi connectivity index (χ1) is 3.91. The van der Waals surface area contributed by atoms with Crippen molar-refractivity contribution in [3.05, 3.63) is 0 Å². The maximum absolute atomic E-state index is 6.54. The number of rotatable bonds is 5. The van der Waals surface area contributed by atoms with Crippen LogP contribution < -0.4 is 5.73 Å². The van der Waals surface area contributed by atoms with Gasteiger partial charge in [-0.25, -0.2) is 5.73 Å². The van der Waals surface area contributed by atoms with Gasteiger partial charge >= 0.3 is 0 Å². The van der Waals surface area contributed by atoms with Crippen molar-refractivity contribution in [3.63, 3.8) is 0 Å². The van der Waals surface area contributed by atoms with E-state index in [0.717, 1.165) is 13.0 Å². The highest BCUT2D eigenvalue weighted by Gasteiger charge is 1.80. The normalized spacial score (nSPS) is 9.75. The van der Waals surface area contributed by atoms with Crippen LogP contribution in [-0.2, 0) is 9.47 Å². The van der Waals surface area contributed by atoms with Crippen LogP contribution in [0.15, 0.2) is 0 Å². The average molecular weight is 118 g/mol. The Morgan fingerprint density at radius 3 is 2.62 bits per heavy atom. The van der Waals surface area contributed by atoms with Crippen molar-refractivity contribution in [1.29, 1.82) is 0 Å². The van der Waals surface area contributed by atoms with Crippen LogP contribution in [0.5, 0.6) is 0 Å². The molecule has 0 amide bonds. The summed E-state index contributed by atoms with van der Waals surface area (Å²) in [7, 11) is 0. The van der Waals surface area contributed by atoms with E-state index in [-0.39, 0.29) is 13.5 Å². The summed E-state index contributed by atoms with van der Waals surface area (Å²) in [6, 6.07) is 0. The van der Waals surface area contributed by atoms with Crippen molar-refractivity contribution in [3.8, 4) is 0 Å². The summed E-state index contributed by atoms with van der Waals surface area (Å²) in [6.45, 7) is 3.00. The van der Waals surface area contributed by atoms with Gasteiger partial charge in [0.1, 0.15) is 13.5 Å². The Bertz CT molecular complexity index is 35.4. The first-order valence-electron chi connectivity index (χ1n) is 2.72. The Morgan fingerprint density at radius 1 is 1.38 bits per heavy atom. The van der Waals surface area contributed by atoms with Crippen LogP contribution in [-0.4, -0.2) is 20.1 Å². The Labute approximate surface area is 49.8 Å². The molecule has 1 radical (unpaired) electrons. The van der Waals surface area contributed by atoms with E-state index in [4.69, 9.17) is 10.5 Å². The van der Waals surface area contributed by atoms with Crippen LogP contribution in [0.2, 0.25) is 0 Å². The van der Waals surface area contributed by atoms with E-state index in [1.165, 1.54) is 0 Å². The Morgan fingerprint density at radius 2 is 2.12 bits per heavy atom. The molecule has 8 heavy (non-hydrogen) atoms. The zero-order valence-electron chi connectivity index (χ0n) is 5.14. The summed E-state index contributed by atoms with van der Waals surface area (Å²) in [5.41, 5.74) is 6.54. The van der Waals surface area contributed by atoms with Gasteiger partial charge in [-0.2, -0.15) is 0 Å². The lowest BCUT2D eigenvalue weighted by molar-refractivity contribution is -0.0528. The maximum atomic E-state index is 6.54. The van der Waals surface area contributed by atoms with Gasteiger partial charge in [-0.1, -0.05) is 6.92 Å². The van der Waals surface area contributed by atoms with Crippen molar-refractivity contribution in [1.82, 2.24) is 5.73 Å². The summed E-state index contributed by atoms with van der Waals surface area (Å²) >= 11 is 0. The number of hydrogen-bond donors (Lipinski definition) is 0. The molecule has 1 N–H and O–H groups in total. The highest BCUT2D eigenvalue weighted by atomic mass is 16.7. The predicted molar refractivity (Wildman–Crippen MR) is 30.2 cm³/mol. The highest BCUT2D eigenvalue weighted by Crippen LogP contribution is 1.79. The molecule has 0 saturated carbocycles. The molecule has 0 aromatic heterocycles. The predicted octanol–water partition coefficient (Wildman–Crippen LogP) is 0.627. The summed E-state index contributed by atoms with van der Waals surface area (Å²) in [4.78, 5) is 0.